The van der Waals surface area contributed by atoms with E-state index in [1.165, 1.54) is 17.3 Å². The van der Waals surface area contributed by atoms with E-state index in [0.29, 0.717) is 19.4 Å². The molecule has 1 aromatic heterocycles. The van der Waals surface area contributed by atoms with Crippen LogP contribution in [-0.2, 0) is 10.0 Å². The van der Waals surface area contributed by atoms with Crippen LogP contribution in [0.4, 0.5) is 5.69 Å². The van der Waals surface area contributed by atoms with Crippen molar-refractivity contribution in [3.63, 3.8) is 0 Å². The van der Waals surface area contributed by atoms with E-state index >= 15 is 0 Å². The summed E-state index contributed by atoms with van der Waals surface area (Å²) in [4.78, 5) is 15.7. The van der Waals surface area contributed by atoms with Gasteiger partial charge in [-0.1, -0.05) is 0 Å². The Labute approximate surface area is 140 Å². The summed E-state index contributed by atoms with van der Waals surface area (Å²) in [5.41, 5.74) is 5.60. The maximum absolute atomic E-state index is 12.6. The van der Waals surface area contributed by atoms with Gasteiger partial charge < -0.3 is 21.3 Å². The van der Waals surface area contributed by atoms with Crippen LogP contribution >= 0.6 is 0 Å². The van der Waals surface area contributed by atoms with E-state index in [0.717, 1.165) is 6.20 Å². The number of carbonyl (C=O) groups is 1. The first-order valence-corrected chi connectivity index (χ1v) is 9.06. The van der Waals surface area contributed by atoms with Crippen LogP contribution in [0.15, 0.2) is 17.2 Å². The van der Waals surface area contributed by atoms with E-state index in [2.05, 4.69) is 10.3 Å². The maximum atomic E-state index is 12.6. The van der Waals surface area contributed by atoms with Gasteiger partial charge in [0.1, 0.15) is 4.90 Å². The molecule has 1 unspecified atom stereocenters. The van der Waals surface area contributed by atoms with E-state index in [-0.39, 0.29) is 29.4 Å². The fourth-order valence-corrected chi connectivity index (χ4v) is 4.23. The Morgan fingerprint density at radius 1 is 1.58 bits per heavy atom. The van der Waals surface area contributed by atoms with Gasteiger partial charge in [0.25, 0.3) is 5.91 Å². The van der Waals surface area contributed by atoms with Gasteiger partial charge >= 0.3 is 0 Å². The summed E-state index contributed by atoms with van der Waals surface area (Å²) in [5.74, 6) is -0.591. The number of nitrogens with zero attached hydrogens (tertiary/aromatic N) is 2. The van der Waals surface area contributed by atoms with Crippen LogP contribution in [0, 0.1) is 0 Å². The fraction of sp³-hybridized carbons (Fsp3) is 0.571. The molecule has 1 saturated heterocycles. The minimum atomic E-state index is -3.83. The van der Waals surface area contributed by atoms with Gasteiger partial charge in [-0.25, -0.2) is 13.4 Å². The summed E-state index contributed by atoms with van der Waals surface area (Å²) >= 11 is 0. The molecule has 2 heterocycles. The Balaban J connectivity index is 2.24. The Kier molecular flexibility index (Phi) is 5.75. The summed E-state index contributed by atoms with van der Waals surface area (Å²) in [5, 5.41) is 20.9. The minimum Gasteiger partial charge on any atom is -0.397 e. The van der Waals surface area contributed by atoms with Crippen molar-refractivity contribution in [1.82, 2.24) is 14.6 Å². The quantitative estimate of drug-likeness (QED) is 0.506. The largest absolute Gasteiger partial charge is 0.397 e. The van der Waals surface area contributed by atoms with Crippen molar-refractivity contribution in [2.75, 3.05) is 25.4 Å². The van der Waals surface area contributed by atoms with Gasteiger partial charge in [-0.3, -0.25) is 4.79 Å². The van der Waals surface area contributed by atoms with E-state index in [1.54, 1.807) is 0 Å². The Hall–Kier alpha value is -1.75. The smallest absolute Gasteiger partial charge is 0.272 e. The molecule has 0 aliphatic carbocycles. The van der Waals surface area contributed by atoms with Gasteiger partial charge in [-0.05, 0) is 25.8 Å². The Bertz CT molecular complexity index is 707. The second kappa shape index (κ2) is 7.43. The summed E-state index contributed by atoms with van der Waals surface area (Å²) in [7, 11) is -3.83. The number of sulfonamides is 1. The lowest BCUT2D eigenvalue weighted by atomic mass is 10.2. The zero-order chi connectivity index (χ0) is 17.9. The third-order valence-electron chi connectivity index (χ3n) is 3.81. The zero-order valence-electron chi connectivity index (χ0n) is 13.3. The van der Waals surface area contributed by atoms with Gasteiger partial charge in [-0.2, -0.15) is 4.31 Å². The highest BCUT2D eigenvalue weighted by atomic mass is 32.2. The van der Waals surface area contributed by atoms with Crippen molar-refractivity contribution in [1.29, 1.82) is 0 Å². The average Bonchev–Trinajstić information content (AvgIpc) is 3.01. The summed E-state index contributed by atoms with van der Waals surface area (Å²) in [6, 6.07) is 0.733. The number of aromatic nitrogens is 1. The predicted octanol–water partition coefficient (Wildman–Crippen LogP) is -1.08. The lowest BCUT2D eigenvalue weighted by Gasteiger charge is -2.22. The summed E-state index contributed by atoms with van der Waals surface area (Å²) in [6.07, 6.45) is 1.63. The second-order valence-electron chi connectivity index (χ2n) is 5.76. The number of pyridine rings is 1. The molecule has 2 atom stereocenters. The van der Waals surface area contributed by atoms with Crippen LogP contribution in [0.3, 0.4) is 0 Å². The highest BCUT2D eigenvalue weighted by molar-refractivity contribution is 7.89. The third kappa shape index (κ3) is 3.83. The number of aliphatic hydroxyl groups is 2. The number of aliphatic hydroxyl groups excluding tert-OH is 2. The molecule has 0 saturated carbocycles. The van der Waals surface area contributed by atoms with Crippen LogP contribution in [0.2, 0.25) is 0 Å². The van der Waals surface area contributed by atoms with Crippen molar-refractivity contribution in [2.45, 2.75) is 36.8 Å². The summed E-state index contributed by atoms with van der Waals surface area (Å²) in [6.45, 7) is 1.62. The Morgan fingerprint density at radius 3 is 2.88 bits per heavy atom. The molecular weight excluding hydrogens is 336 g/mol. The van der Waals surface area contributed by atoms with E-state index in [9.17, 15) is 18.3 Å². The number of hydrogen-bond donors (Lipinski definition) is 4. The van der Waals surface area contributed by atoms with Gasteiger partial charge in [0.05, 0.1) is 18.4 Å². The SMILES string of the molecule is C[C@H](O)CNC(=O)c1ncc(S(=O)(=O)N2CCCC2CO)cc1N. The van der Waals surface area contributed by atoms with Gasteiger partial charge in [-0.15, -0.1) is 0 Å². The monoisotopic (exact) mass is 358 g/mol. The van der Waals surface area contributed by atoms with E-state index in [4.69, 9.17) is 10.8 Å². The standard InChI is InChI=1S/C14H22N4O5S/c1-9(20)6-17-14(21)13-12(15)5-11(7-16-13)24(22,23)18-4-2-3-10(18)8-19/h5,7,9-10,19-20H,2-4,6,8,15H2,1H3,(H,17,21)/t9-,10?/m0/s1. The highest BCUT2D eigenvalue weighted by Gasteiger charge is 2.35. The molecule has 0 spiro atoms. The molecule has 1 aromatic rings. The number of anilines is 1. The zero-order valence-corrected chi connectivity index (χ0v) is 14.2. The highest BCUT2D eigenvalue weighted by Crippen LogP contribution is 2.26. The summed E-state index contributed by atoms with van der Waals surface area (Å²) < 4.78 is 26.5. The predicted molar refractivity (Wildman–Crippen MR) is 86.7 cm³/mol. The first kappa shape index (κ1) is 18.6. The van der Waals surface area contributed by atoms with E-state index in [1.807, 2.05) is 0 Å². The van der Waals surface area contributed by atoms with Crippen LogP contribution in [0.25, 0.3) is 0 Å². The normalized spacial score (nSPS) is 20.0. The number of nitrogens with one attached hydrogen (secondary N) is 1. The molecule has 5 N–H and O–H groups in total. The Morgan fingerprint density at radius 2 is 2.29 bits per heavy atom. The molecule has 9 nitrogen and oxygen atoms in total. The van der Waals surface area contributed by atoms with Gasteiger partial charge in [0, 0.05) is 25.3 Å². The second-order valence-corrected chi connectivity index (χ2v) is 7.65. The van der Waals surface area contributed by atoms with Crippen molar-refractivity contribution >= 4 is 21.6 Å². The molecule has 1 fully saturated rings. The first-order valence-electron chi connectivity index (χ1n) is 7.62. The van der Waals surface area contributed by atoms with E-state index < -0.39 is 28.1 Å². The number of nitrogen functional groups attached to an aromatic ring is 1. The number of nitrogens with two attached hydrogens (primary N) is 1. The van der Waals surface area contributed by atoms with Gasteiger partial charge in [0.15, 0.2) is 5.69 Å². The van der Waals surface area contributed by atoms with Crippen LogP contribution in [0.1, 0.15) is 30.3 Å². The van der Waals surface area contributed by atoms with Crippen LogP contribution in [0.5, 0.6) is 0 Å². The van der Waals surface area contributed by atoms with Crippen molar-refractivity contribution in [2.24, 2.45) is 0 Å². The maximum Gasteiger partial charge on any atom is 0.272 e. The molecule has 0 aromatic carbocycles. The molecular formula is C14H22N4O5S. The molecule has 1 amide bonds. The lowest BCUT2D eigenvalue weighted by molar-refractivity contribution is 0.0920. The average molecular weight is 358 g/mol. The molecule has 2 rings (SSSR count). The molecule has 1 aliphatic rings. The third-order valence-corrected chi connectivity index (χ3v) is 5.72. The number of rotatable bonds is 6. The molecule has 24 heavy (non-hydrogen) atoms. The minimum absolute atomic E-state index is 0.0337. The molecule has 1 aliphatic heterocycles. The molecule has 10 heteroatoms. The van der Waals surface area contributed by atoms with Crippen molar-refractivity contribution < 1.29 is 23.4 Å². The van der Waals surface area contributed by atoms with Crippen LogP contribution < -0.4 is 11.1 Å². The van der Waals surface area contributed by atoms with Crippen molar-refractivity contribution in [3.05, 3.63) is 18.0 Å². The number of amides is 1. The molecule has 134 valence electrons. The van der Waals surface area contributed by atoms with Gasteiger partial charge in [0.2, 0.25) is 10.0 Å². The number of hydrogen-bond acceptors (Lipinski definition) is 7. The number of carbonyl (C=O) groups excluding carboxylic acids is 1. The molecule has 0 bridgehead atoms. The fourth-order valence-electron chi connectivity index (χ4n) is 2.56. The topological polar surface area (TPSA) is 146 Å². The first-order chi connectivity index (χ1) is 11.3. The lowest BCUT2D eigenvalue weighted by Crippen LogP contribution is -2.37. The van der Waals surface area contributed by atoms with Crippen molar-refractivity contribution in [3.8, 4) is 0 Å². The molecule has 0 radical (unpaired) electrons. The van der Waals surface area contributed by atoms with Crippen LogP contribution in [-0.4, -0.2) is 65.7 Å².